The summed E-state index contributed by atoms with van der Waals surface area (Å²) in [5, 5.41) is 10.7. The Morgan fingerprint density at radius 1 is 1.42 bits per heavy atom. The summed E-state index contributed by atoms with van der Waals surface area (Å²) in [5.41, 5.74) is 3.28. The Balaban J connectivity index is 1.75. The molecule has 0 aliphatic heterocycles. The van der Waals surface area contributed by atoms with Gasteiger partial charge in [-0.3, -0.25) is 14.5 Å². The van der Waals surface area contributed by atoms with Crippen LogP contribution in [0.3, 0.4) is 0 Å². The molecule has 4 rings (SSSR count). The maximum Gasteiger partial charge on any atom is 0.261 e. The third-order valence-corrected chi connectivity index (χ3v) is 5.23. The van der Waals surface area contributed by atoms with Crippen LogP contribution in [-0.2, 0) is 6.42 Å². The Morgan fingerprint density at radius 3 is 2.92 bits per heavy atom. The summed E-state index contributed by atoms with van der Waals surface area (Å²) in [5.74, 6) is 0.0500. The lowest BCUT2D eigenvalue weighted by atomic mass is 9.87. The Bertz CT molecular complexity index is 968. The maximum absolute atomic E-state index is 13.0. The van der Waals surface area contributed by atoms with E-state index in [1.165, 1.54) is 11.3 Å². The molecule has 134 valence electrons. The van der Waals surface area contributed by atoms with Crippen LogP contribution in [-0.4, -0.2) is 30.5 Å². The molecule has 3 aromatic rings. The fourth-order valence-electron chi connectivity index (χ4n) is 3.68. The molecule has 7 nitrogen and oxygen atoms in total. The smallest absolute Gasteiger partial charge is 0.261 e. The number of hydrogen-bond acceptors (Lipinski definition) is 5. The van der Waals surface area contributed by atoms with Crippen LogP contribution in [0.15, 0.2) is 24.8 Å². The Kier molecular flexibility index (Phi) is 4.10. The molecule has 2 atom stereocenters. The van der Waals surface area contributed by atoms with Gasteiger partial charge in [-0.2, -0.15) is 0 Å². The lowest BCUT2D eigenvalue weighted by Gasteiger charge is -2.19. The predicted octanol–water partition coefficient (Wildman–Crippen LogP) is 2.99. The molecule has 0 radical (unpaired) electrons. The Morgan fingerprint density at radius 2 is 2.19 bits per heavy atom. The first-order chi connectivity index (χ1) is 12.6. The van der Waals surface area contributed by atoms with Crippen molar-refractivity contribution in [3.05, 3.63) is 47.4 Å². The monoisotopic (exact) mass is 354 g/mol. The van der Waals surface area contributed by atoms with E-state index in [1.807, 2.05) is 10.5 Å². The van der Waals surface area contributed by atoms with Crippen molar-refractivity contribution in [2.45, 2.75) is 39.0 Å². The number of fused-ring (bicyclic) bond motifs is 3. The fourth-order valence-corrected chi connectivity index (χ4v) is 3.68. The van der Waals surface area contributed by atoms with Gasteiger partial charge in [-0.1, -0.05) is 20.3 Å². The lowest BCUT2D eigenvalue weighted by Crippen LogP contribution is -2.17. The molecule has 26 heavy (non-hydrogen) atoms. The number of carbonyl (C=O) groups excluding carboxylic acids is 1. The van der Waals surface area contributed by atoms with Crippen LogP contribution >= 0.6 is 0 Å². The third-order valence-electron chi connectivity index (χ3n) is 5.23. The number of aryl methyl sites for hydroxylation is 1. The van der Waals surface area contributed by atoms with Crippen LogP contribution in [0.5, 0.6) is 0 Å². The van der Waals surface area contributed by atoms with Crippen molar-refractivity contribution in [1.82, 2.24) is 24.6 Å². The van der Waals surface area contributed by atoms with E-state index in [-0.39, 0.29) is 11.9 Å². The minimum atomic E-state index is -0.559. The maximum atomic E-state index is 13.0. The number of carbonyl (C=O) groups is 1. The molecule has 0 fully saturated rings. The Labute approximate surface area is 149 Å². The lowest BCUT2D eigenvalue weighted by molar-refractivity contribution is 0.102. The van der Waals surface area contributed by atoms with E-state index in [4.69, 9.17) is 0 Å². The molecule has 0 saturated heterocycles. The summed E-state index contributed by atoms with van der Waals surface area (Å²) in [6, 6.07) is 1.92. The van der Waals surface area contributed by atoms with Crippen molar-refractivity contribution in [3.63, 3.8) is 0 Å². The van der Waals surface area contributed by atoms with Gasteiger partial charge in [0, 0.05) is 5.69 Å². The largest absolute Gasteiger partial charge is 0.290 e. The second kappa shape index (κ2) is 6.44. The third kappa shape index (κ3) is 2.71. The molecular formula is C18H19FN6O. The normalized spacial score (nSPS) is 17.3. The van der Waals surface area contributed by atoms with Gasteiger partial charge in [0.05, 0.1) is 18.0 Å². The zero-order valence-electron chi connectivity index (χ0n) is 14.6. The van der Waals surface area contributed by atoms with E-state index in [2.05, 4.69) is 39.3 Å². The van der Waals surface area contributed by atoms with E-state index < -0.39 is 5.82 Å². The second-order valence-corrected chi connectivity index (χ2v) is 6.69. The van der Waals surface area contributed by atoms with Gasteiger partial charge in [0.2, 0.25) is 5.95 Å². The van der Waals surface area contributed by atoms with Crippen molar-refractivity contribution in [3.8, 4) is 0 Å². The summed E-state index contributed by atoms with van der Waals surface area (Å²) >= 11 is 0. The van der Waals surface area contributed by atoms with Crippen LogP contribution in [0.4, 0.5) is 10.3 Å². The summed E-state index contributed by atoms with van der Waals surface area (Å²) in [6.45, 7) is 4.42. The molecule has 8 heteroatoms. The minimum Gasteiger partial charge on any atom is -0.290 e. The first-order valence-corrected chi connectivity index (χ1v) is 8.73. The van der Waals surface area contributed by atoms with Gasteiger partial charge in [0.25, 0.3) is 5.91 Å². The highest BCUT2D eigenvalue weighted by Gasteiger charge is 2.31. The van der Waals surface area contributed by atoms with Gasteiger partial charge in [-0.25, -0.2) is 14.4 Å². The van der Waals surface area contributed by atoms with Gasteiger partial charge in [0.15, 0.2) is 11.5 Å². The van der Waals surface area contributed by atoms with Crippen molar-refractivity contribution in [1.29, 1.82) is 0 Å². The van der Waals surface area contributed by atoms with Gasteiger partial charge in [-0.05, 0) is 36.3 Å². The molecule has 0 saturated carbocycles. The van der Waals surface area contributed by atoms with Gasteiger partial charge >= 0.3 is 0 Å². The van der Waals surface area contributed by atoms with Crippen LogP contribution in [0.1, 0.15) is 54.2 Å². The standard InChI is InChI=1S/C18H19FN6O/c1-3-10(2)12-4-5-15-13(12)6-14(16-24-22-9-25(15)16)17(26)23-18-20-7-11(19)8-21-18/h6-10,12H,3-5H2,1-2H3,(H,20,21,23,26)/t10-,12-/m0/s1. The zero-order chi connectivity index (χ0) is 18.3. The summed E-state index contributed by atoms with van der Waals surface area (Å²) in [4.78, 5) is 20.3. The molecule has 0 aromatic carbocycles. The number of pyridine rings is 1. The van der Waals surface area contributed by atoms with E-state index in [9.17, 15) is 9.18 Å². The molecule has 1 aliphatic rings. The van der Waals surface area contributed by atoms with E-state index in [0.717, 1.165) is 31.7 Å². The first kappa shape index (κ1) is 16.6. The topological polar surface area (TPSA) is 85.1 Å². The van der Waals surface area contributed by atoms with Gasteiger partial charge in [0.1, 0.15) is 6.33 Å². The van der Waals surface area contributed by atoms with Crippen LogP contribution in [0.25, 0.3) is 5.65 Å². The van der Waals surface area contributed by atoms with Crippen molar-refractivity contribution >= 4 is 17.5 Å². The molecule has 3 aromatic heterocycles. The van der Waals surface area contributed by atoms with Crippen molar-refractivity contribution < 1.29 is 9.18 Å². The number of halogens is 1. The zero-order valence-corrected chi connectivity index (χ0v) is 14.6. The van der Waals surface area contributed by atoms with E-state index in [0.29, 0.717) is 23.0 Å². The number of aromatic nitrogens is 5. The minimum absolute atomic E-state index is 0.0491. The average molecular weight is 354 g/mol. The van der Waals surface area contributed by atoms with Crippen molar-refractivity contribution in [2.24, 2.45) is 5.92 Å². The quantitative estimate of drug-likeness (QED) is 0.778. The average Bonchev–Trinajstić information content (AvgIpc) is 3.28. The summed E-state index contributed by atoms with van der Waals surface area (Å²) in [6.07, 6.45) is 6.76. The number of nitrogens with one attached hydrogen (secondary N) is 1. The molecule has 0 bridgehead atoms. The van der Waals surface area contributed by atoms with Crippen LogP contribution in [0.2, 0.25) is 0 Å². The van der Waals surface area contributed by atoms with Crippen LogP contribution in [0, 0.1) is 11.7 Å². The summed E-state index contributed by atoms with van der Waals surface area (Å²) < 4.78 is 14.9. The number of nitrogens with zero attached hydrogens (tertiary/aromatic N) is 5. The van der Waals surface area contributed by atoms with E-state index >= 15 is 0 Å². The predicted molar refractivity (Wildman–Crippen MR) is 93.4 cm³/mol. The fraction of sp³-hybridized carbons (Fsp3) is 0.389. The molecule has 1 amide bonds. The highest BCUT2D eigenvalue weighted by molar-refractivity contribution is 6.07. The number of anilines is 1. The summed E-state index contributed by atoms with van der Waals surface area (Å²) in [7, 11) is 0. The molecule has 0 unspecified atom stereocenters. The number of rotatable bonds is 4. The molecule has 3 heterocycles. The van der Waals surface area contributed by atoms with Crippen LogP contribution < -0.4 is 5.32 Å². The SMILES string of the molecule is CC[C@H](C)[C@@H]1CCc2c1cc(C(=O)Nc1ncc(F)cn1)c1nncn21. The highest BCUT2D eigenvalue weighted by Crippen LogP contribution is 2.40. The van der Waals surface area contributed by atoms with Crippen molar-refractivity contribution in [2.75, 3.05) is 5.32 Å². The van der Waals surface area contributed by atoms with E-state index in [1.54, 1.807) is 6.33 Å². The highest BCUT2D eigenvalue weighted by atomic mass is 19.1. The molecular weight excluding hydrogens is 335 g/mol. The first-order valence-electron chi connectivity index (χ1n) is 8.73. The number of hydrogen-bond donors (Lipinski definition) is 1. The second-order valence-electron chi connectivity index (χ2n) is 6.69. The Hall–Kier alpha value is -2.90. The molecule has 0 spiro atoms. The molecule has 1 N–H and O–H groups in total. The number of amides is 1. The molecule has 1 aliphatic carbocycles. The van der Waals surface area contributed by atoms with Gasteiger partial charge < -0.3 is 0 Å². The van der Waals surface area contributed by atoms with Gasteiger partial charge in [-0.15, -0.1) is 10.2 Å².